The van der Waals surface area contributed by atoms with Crippen LogP contribution in [0, 0.1) is 31.1 Å². The van der Waals surface area contributed by atoms with Gasteiger partial charge in [0, 0.05) is 17.2 Å². The Hall–Kier alpha value is -4.42. The number of hydrogen-bond donors (Lipinski definition) is 1. The first kappa shape index (κ1) is 23.3. The van der Waals surface area contributed by atoms with Crippen LogP contribution in [0.15, 0.2) is 120 Å². The molecule has 0 heterocycles. The van der Waals surface area contributed by atoms with Gasteiger partial charge in [-0.15, -0.1) is 0 Å². The van der Waals surface area contributed by atoms with E-state index in [2.05, 4.69) is 54.6 Å². The van der Waals surface area contributed by atoms with Crippen LogP contribution < -0.4 is 5.73 Å². The molecule has 5 rings (SSSR count). The van der Waals surface area contributed by atoms with Gasteiger partial charge >= 0.3 is 0 Å². The summed E-state index contributed by atoms with van der Waals surface area (Å²) in [6.07, 6.45) is 0. The smallest absolute Gasteiger partial charge is 0.172 e. The molecular formula is C33H28N2O. The summed E-state index contributed by atoms with van der Waals surface area (Å²) in [6.45, 7) is 4.09. The molecule has 0 saturated heterocycles. The van der Waals surface area contributed by atoms with Crippen molar-refractivity contribution in [1.29, 1.82) is 5.26 Å². The molecule has 3 nitrogen and oxygen atoms in total. The van der Waals surface area contributed by atoms with Crippen LogP contribution in [0.5, 0.6) is 0 Å². The normalized spacial score (nSPS) is 18.6. The summed E-state index contributed by atoms with van der Waals surface area (Å²) in [5.74, 6) is -1.16. The van der Waals surface area contributed by atoms with Crippen molar-refractivity contribution in [2.24, 2.45) is 11.7 Å². The van der Waals surface area contributed by atoms with E-state index in [-0.39, 0.29) is 5.78 Å². The summed E-state index contributed by atoms with van der Waals surface area (Å²) in [5.41, 5.74) is 12.4. The summed E-state index contributed by atoms with van der Waals surface area (Å²) in [7, 11) is 0. The van der Waals surface area contributed by atoms with Gasteiger partial charge in [0.1, 0.15) is 0 Å². The molecule has 0 aromatic heterocycles. The molecule has 0 amide bonds. The van der Waals surface area contributed by atoms with Crippen molar-refractivity contribution in [3.05, 3.63) is 154 Å². The number of Topliss-reactive ketones (excluding diaryl/α,β-unsaturated/α-hetero) is 1. The first-order chi connectivity index (χ1) is 17.5. The molecule has 1 aliphatic rings. The minimum atomic E-state index is -0.920. The van der Waals surface area contributed by atoms with Gasteiger partial charge in [-0.2, -0.15) is 5.26 Å². The summed E-state index contributed by atoms with van der Waals surface area (Å²) in [5, 5.41) is 10.6. The third kappa shape index (κ3) is 3.63. The Morgan fingerprint density at radius 1 is 0.750 bits per heavy atom. The Kier molecular flexibility index (Phi) is 6.04. The van der Waals surface area contributed by atoms with Gasteiger partial charge in [-0.05, 0) is 30.5 Å². The highest BCUT2D eigenvalue weighted by molar-refractivity contribution is 6.01. The lowest BCUT2D eigenvalue weighted by molar-refractivity contribution is 0.0919. The van der Waals surface area contributed by atoms with Gasteiger partial charge < -0.3 is 5.73 Å². The molecular weight excluding hydrogens is 440 g/mol. The molecule has 1 aliphatic carbocycles. The Morgan fingerprint density at radius 2 is 1.22 bits per heavy atom. The van der Waals surface area contributed by atoms with E-state index in [4.69, 9.17) is 5.73 Å². The fraction of sp³-hybridized carbons (Fsp3) is 0.152. The van der Waals surface area contributed by atoms with Crippen LogP contribution in [0.2, 0.25) is 0 Å². The molecule has 2 N–H and O–H groups in total. The summed E-state index contributed by atoms with van der Waals surface area (Å²) >= 11 is 0. The molecule has 4 aromatic rings. The lowest BCUT2D eigenvalue weighted by Gasteiger charge is -2.40. The van der Waals surface area contributed by atoms with Crippen molar-refractivity contribution >= 4 is 5.78 Å². The van der Waals surface area contributed by atoms with Crippen molar-refractivity contribution in [3.63, 3.8) is 0 Å². The fourth-order valence-electron chi connectivity index (χ4n) is 5.75. The number of rotatable bonds is 5. The van der Waals surface area contributed by atoms with Crippen LogP contribution in [0.1, 0.15) is 44.1 Å². The molecule has 0 saturated carbocycles. The number of carbonyl (C=O) groups is 1. The highest BCUT2D eigenvalue weighted by Crippen LogP contribution is 2.60. The first-order valence-corrected chi connectivity index (χ1v) is 12.2. The Morgan fingerprint density at radius 3 is 1.69 bits per heavy atom. The minimum Gasteiger partial charge on any atom is -0.401 e. The molecule has 36 heavy (non-hydrogen) atoms. The van der Waals surface area contributed by atoms with Gasteiger partial charge in [0.2, 0.25) is 0 Å². The van der Waals surface area contributed by atoms with Gasteiger partial charge in [-0.3, -0.25) is 4.79 Å². The lowest BCUT2D eigenvalue weighted by Crippen LogP contribution is -2.38. The summed E-state index contributed by atoms with van der Waals surface area (Å²) in [6, 6.07) is 38.3. The fourth-order valence-corrected chi connectivity index (χ4v) is 5.75. The van der Waals surface area contributed by atoms with Crippen molar-refractivity contribution in [1.82, 2.24) is 0 Å². The van der Waals surface area contributed by atoms with E-state index in [0.29, 0.717) is 16.8 Å². The average molecular weight is 469 g/mol. The SMILES string of the molecule is Cc1ccc(C2(c3ccc(C)cc3)C(C#N)=C(N)C(C(=O)c3ccccc3)C2c2ccccc2)cc1. The van der Waals surface area contributed by atoms with Crippen molar-refractivity contribution in [2.75, 3.05) is 0 Å². The third-order valence-electron chi connectivity index (χ3n) is 7.44. The number of carbonyl (C=O) groups excluding carboxylic acids is 1. The van der Waals surface area contributed by atoms with Crippen LogP contribution in [0.25, 0.3) is 0 Å². The number of aryl methyl sites for hydroxylation is 2. The number of benzene rings is 4. The predicted octanol–water partition coefficient (Wildman–Crippen LogP) is 6.62. The number of nitrogens with two attached hydrogens (primary N) is 1. The van der Waals surface area contributed by atoms with Crippen LogP contribution in [0.3, 0.4) is 0 Å². The Labute approximate surface area is 212 Å². The molecule has 176 valence electrons. The monoisotopic (exact) mass is 468 g/mol. The van der Waals surface area contributed by atoms with Crippen molar-refractivity contribution < 1.29 is 4.79 Å². The molecule has 0 spiro atoms. The van der Waals surface area contributed by atoms with E-state index >= 15 is 0 Å². The van der Waals surface area contributed by atoms with E-state index in [0.717, 1.165) is 27.8 Å². The van der Waals surface area contributed by atoms with Crippen LogP contribution in [-0.4, -0.2) is 5.78 Å². The zero-order chi connectivity index (χ0) is 25.3. The number of ketones is 1. The summed E-state index contributed by atoms with van der Waals surface area (Å²) < 4.78 is 0. The number of allylic oxidation sites excluding steroid dienone is 2. The average Bonchev–Trinajstić information content (AvgIpc) is 3.18. The van der Waals surface area contributed by atoms with Crippen molar-refractivity contribution in [2.45, 2.75) is 25.2 Å². The lowest BCUT2D eigenvalue weighted by atomic mass is 9.60. The van der Waals surface area contributed by atoms with E-state index in [1.807, 2.05) is 74.5 Å². The second-order valence-electron chi connectivity index (χ2n) is 9.58. The van der Waals surface area contributed by atoms with E-state index in [1.165, 1.54) is 0 Å². The van der Waals surface area contributed by atoms with Gasteiger partial charge in [0.25, 0.3) is 0 Å². The van der Waals surface area contributed by atoms with E-state index < -0.39 is 17.3 Å². The number of hydrogen-bond acceptors (Lipinski definition) is 3. The highest BCUT2D eigenvalue weighted by Gasteiger charge is 2.58. The zero-order valence-corrected chi connectivity index (χ0v) is 20.5. The largest absolute Gasteiger partial charge is 0.401 e. The number of nitrogens with zero attached hydrogens (tertiary/aromatic N) is 1. The van der Waals surface area contributed by atoms with Crippen LogP contribution in [0.4, 0.5) is 0 Å². The zero-order valence-electron chi connectivity index (χ0n) is 20.5. The highest BCUT2D eigenvalue weighted by atomic mass is 16.1. The first-order valence-electron chi connectivity index (χ1n) is 12.2. The Balaban J connectivity index is 1.88. The molecule has 2 unspecified atom stereocenters. The molecule has 0 radical (unpaired) electrons. The van der Waals surface area contributed by atoms with Crippen LogP contribution in [-0.2, 0) is 5.41 Å². The molecule has 4 aromatic carbocycles. The quantitative estimate of drug-likeness (QED) is 0.335. The maximum absolute atomic E-state index is 14.1. The van der Waals surface area contributed by atoms with Gasteiger partial charge in [-0.1, -0.05) is 120 Å². The predicted molar refractivity (Wildman–Crippen MR) is 143 cm³/mol. The maximum atomic E-state index is 14.1. The molecule has 0 bridgehead atoms. The topological polar surface area (TPSA) is 66.9 Å². The van der Waals surface area contributed by atoms with Gasteiger partial charge in [-0.25, -0.2) is 0 Å². The maximum Gasteiger partial charge on any atom is 0.172 e. The third-order valence-corrected chi connectivity index (χ3v) is 7.44. The molecule has 3 heteroatoms. The van der Waals surface area contributed by atoms with Crippen LogP contribution >= 0.6 is 0 Å². The van der Waals surface area contributed by atoms with E-state index in [9.17, 15) is 10.1 Å². The minimum absolute atomic E-state index is 0.0733. The van der Waals surface area contributed by atoms with Gasteiger partial charge in [0.05, 0.1) is 23.0 Å². The summed E-state index contributed by atoms with van der Waals surface area (Å²) in [4.78, 5) is 14.1. The van der Waals surface area contributed by atoms with E-state index in [1.54, 1.807) is 0 Å². The van der Waals surface area contributed by atoms with Gasteiger partial charge in [0.15, 0.2) is 5.78 Å². The van der Waals surface area contributed by atoms with Crippen molar-refractivity contribution in [3.8, 4) is 6.07 Å². The molecule has 2 atom stereocenters. The number of nitriles is 1. The standard InChI is InChI=1S/C33H28N2O/c1-22-13-17-26(18-14-22)33(27-19-15-23(2)16-20-27)28(21-34)31(35)29(30(33)24-9-5-3-6-10-24)32(36)25-11-7-4-8-12-25/h3-20,29-30H,35H2,1-2H3. The Bertz CT molecular complexity index is 1420. The molecule has 0 aliphatic heterocycles. The second-order valence-corrected chi connectivity index (χ2v) is 9.58. The second kappa shape index (κ2) is 9.32. The molecule has 0 fully saturated rings.